The van der Waals surface area contributed by atoms with Gasteiger partial charge in [0.25, 0.3) is 0 Å². The zero-order chi connectivity index (χ0) is 5.82. The molecule has 0 saturated carbocycles. The molecule has 1 rings (SSSR count). The Morgan fingerprint density at radius 2 is 2.62 bits per heavy atom. The number of aromatic nitrogens is 1. The Bertz CT molecular complexity index is 167. The predicted octanol–water partition coefficient (Wildman–Crippen LogP) is 1.33. The van der Waals surface area contributed by atoms with E-state index in [2.05, 4.69) is 11.1 Å². The third-order valence-corrected chi connectivity index (χ3v) is 0.785. The Morgan fingerprint density at radius 1 is 1.75 bits per heavy atom. The maximum absolute atomic E-state index is 5.13. The van der Waals surface area contributed by atoms with Crippen molar-refractivity contribution in [2.45, 2.75) is 0 Å². The van der Waals surface area contributed by atoms with Crippen LogP contribution in [0.15, 0.2) is 18.3 Å². The van der Waals surface area contributed by atoms with Gasteiger partial charge in [-0.15, -0.1) is 0 Å². The molecule has 0 aliphatic heterocycles. The first kappa shape index (κ1) is 5.04. The first-order valence-corrected chi connectivity index (χ1v) is 2.31. The van der Waals surface area contributed by atoms with E-state index in [0.29, 0.717) is 5.69 Å². The molecule has 0 unspecified atom stereocenters. The number of pyridine rings is 1. The molecule has 0 amide bonds. The summed E-state index contributed by atoms with van der Waals surface area (Å²) in [5.41, 5.74) is 0.688. The van der Waals surface area contributed by atoms with E-state index < -0.39 is 0 Å². The predicted molar refractivity (Wildman–Crippen MR) is 31.8 cm³/mol. The zero-order valence-electron chi connectivity index (χ0n) is 4.33. The minimum absolute atomic E-state index is 0.688. The van der Waals surface area contributed by atoms with Gasteiger partial charge in [0.15, 0.2) is 0 Å². The van der Waals surface area contributed by atoms with E-state index in [1.54, 1.807) is 18.3 Å². The van der Waals surface area contributed by atoms with Crippen LogP contribution in [0, 0.1) is 12.6 Å². The van der Waals surface area contributed by atoms with E-state index in [1.807, 2.05) is 0 Å². The summed E-state index contributed by atoms with van der Waals surface area (Å²) in [6.45, 7) is 5.13. The van der Waals surface area contributed by atoms with Crippen molar-refractivity contribution in [1.82, 2.24) is 4.98 Å². The molecule has 0 saturated heterocycles. The molecule has 0 N–H and O–H groups in total. The van der Waals surface area contributed by atoms with E-state index >= 15 is 0 Å². The van der Waals surface area contributed by atoms with Crippen LogP contribution in [0.25, 0.3) is 6.08 Å². The summed E-state index contributed by atoms with van der Waals surface area (Å²) in [5.74, 6) is 0. The number of hydrogen-bond acceptors (Lipinski definition) is 1. The standard InChI is InChI=1S/C7H5N/c1-2-7-5-3-4-6-8-7/h1-4,6H. The van der Waals surface area contributed by atoms with Gasteiger partial charge in [0.05, 0.1) is 5.69 Å². The van der Waals surface area contributed by atoms with Crippen LogP contribution in [0.2, 0.25) is 0 Å². The monoisotopic (exact) mass is 103 g/mol. The van der Waals surface area contributed by atoms with E-state index in [-0.39, 0.29) is 0 Å². The smallest absolute Gasteiger partial charge is 0.0708 e. The van der Waals surface area contributed by atoms with Crippen molar-refractivity contribution in [2.24, 2.45) is 0 Å². The molecule has 2 radical (unpaired) electrons. The average molecular weight is 103 g/mol. The topological polar surface area (TPSA) is 12.9 Å². The lowest BCUT2D eigenvalue weighted by Gasteiger charge is -1.83. The molecule has 0 spiro atoms. The molecule has 1 aromatic rings. The largest absolute Gasteiger partial charge is 0.256 e. The third kappa shape index (κ3) is 0.936. The second-order valence-electron chi connectivity index (χ2n) is 1.33. The summed E-state index contributed by atoms with van der Waals surface area (Å²) >= 11 is 0. The Labute approximate surface area is 48.7 Å². The van der Waals surface area contributed by atoms with Crippen molar-refractivity contribution in [3.05, 3.63) is 36.7 Å². The molecule has 38 valence electrons. The van der Waals surface area contributed by atoms with Gasteiger partial charge in [-0.25, -0.2) is 0 Å². The van der Waals surface area contributed by atoms with Crippen molar-refractivity contribution in [1.29, 1.82) is 0 Å². The minimum Gasteiger partial charge on any atom is -0.256 e. The van der Waals surface area contributed by atoms with Gasteiger partial charge >= 0.3 is 0 Å². The highest BCUT2D eigenvalue weighted by atomic mass is 14.6. The van der Waals surface area contributed by atoms with Gasteiger partial charge in [0.1, 0.15) is 0 Å². The quantitative estimate of drug-likeness (QED) is 0.522. The summed E-state index contributed by atoms with van der Waals surface area (Å²) in [6, 6.07) is 6.39. The SMILES string of the molecule is [CH]=Cc1[c]cccn1. The molecule has 0 atom stereocenters. The normalized spacial score (nSPS) is 8.50. The van der Waals surface area contributed by atoms with Crippen LogP contribution in [-0.2, 0) is 0 Å². The second-order valence-corrected chi connectivity index (χ2v) is 1.33. The summed E-state index contributed by atoms with van der Waals surface area (Å²) in [6.07, 6.45) is 3.09. The lowest BCUT2D eigenvalue weighted by atomic mass is 10.4. The number of hydrogen-bond donors (Lipinski definition) is 0. The lowest BCUT2D eigenvalue weighted by Crippen LogP contribution is -1.74. The molecule has 1 heterocycles. The summed E-state index contributed by atoms with van der Waals surface area (Å²) in [4.78, 5) is 3.86. The summed E-state index contributed by atoms with van der Waals surface area (Å²) in [5, 5.41) is 0. The van der Waals surface area contributed by atoms with Gasteiger partial charge in [-0.2, -0.15) is 0 Å². The Kier molecular flexibility index (Phi) is 1.42. The van der Waals surface area contributed by atoms with Crippen LogP contribution in [0.3, 0.4) is 0 Å². The van der Waals surface area contributed by atoms with Crippen LogP contribution < -0.4 is 0 Å². The Balaban J connectivity index is 2.99. The van der Waals surface area contributed by atoms with E-state index in [0.717, 1.165) is 0 Å². The molecule has 1 aromatic heterocycles. The van der Waals surface area contributed by atoms with Crippen LogP contribution >= 0.6 is 0 Å². The first-order chi connectivity index (χ1) is 3.93. The van der Waals surface area contributed by atoms with Gasteiger partial charge in [-0.3, -0.25) is 4.98 Å². The van der Waals surface area contributed by atoms with Crippen molar-refractivity contribution in [3.63, 3.8) is 0 Å². The van der Waals surface area contributed by atoms with Gasteiger partial charge in [-0.05, 0) is 12.1 Å². The van der Waals surface area contributed by atoms with Gasteiger partial charge in [0.2, 0.25) is 0 Å². The van der Waals surface area contributed by atoms with Gasteiger partial charge in [0, 0.05) is 12.3 Å². The van der Waals surface area contributed by atoms with Crippen molar-refractivity contribution >= 4 is 6.08 Å². The number of rotatable bonds is 1. The number of nitrogens with zero attached hydrogens (tertiary/aromatic N) is 1. The lowest BCUT2D eigenvalue weighted by molar-refractivity contribution is 1.29. The summed E-state index contributed by atoms with van der Waals surface area (Å²) in [7, 11) is 0. The van der Waals surface area contributed by atoms with Crippen LogP contribution in [0.5, 0.6) is 0 Å². The second kappa shape index (κ2) is 2.26. The van der Waals surface area contributed by atoms with Crippen LogP contribution in [-0.4, -0.2) is 4.98 Å². The molecule has 1 nitrogen and oxygen atoms in total. The average Bonchev–Trinajstić information content (AvgIpc) is 1.90. The van der Waals surface area contributed by atoms with Gasteiger partial charge < -0.3 is 0 Å². The molecular formula is C7H5N. The highest BCUT2D eigenvalue weighted by Gasteiger charge is 1.78. The fourth-order valence-electron chi connectivity index (χ4n) is 0.428. The van der Waals surface area contributed by atoms with Crippen LogP contribution in [0.1, 0.15) is 5.69 Å². The zero-order valence-corrected chi connectivity index (χ0v) is 4.33. The van der Waals surface area contributed by atoms with Crippen LogP contribution in [0.4, 0.5) is 0 Å². The first-order valence-electron chi connectivity index (χ1n) is 2.31. The highest BCUT2D eigenvalue weighted by molar-refractivity contribution is 5.37. The molecular weight excluding hydrogens is 98.1 g/mol. The summed E-state index contributed by atoms with van der Waals surface area (Å²) < 4.78 is 0. The van der Waals surface area contributed by atoms with E-state index in [9.17, 15) is 0 Å². The minimum atomic E-state index is 0.688. The maximum Gasteiger partial charge on any atom is 0.0708 e. The molecule has 0 fully saturated rings. The Morgan fingerprint density at radius 3 is 3.00 bits per heavy atom. The van der Waals surface area contributed by atoms with Gasteiger partial charge in [-0.1, -0.05) is 12.6 Å². The fraction of sp³-hybridized carbons (Fsp3) is 0. The van der Waals surface area contributed by atoms with Crippen molar-refractivity contribution in [2.75, 3.05) is 0 Å². The molecule has 8 heavy (non-hydrogen) atoms. The molecule has 1 heteroatoms. The van der Waals surface area contributed by atoms with Crippen molar-refractivity contribution in [3.8, 4) is 0 Å². The van der Waals surface area contributed by atoms with Crippen molar-refractivity contribution < 1.29 is 0 Å². The molecule has 0 aromatic carbocycles. The third-order valence-electron chi connectivity index (χ3n) is 0.785. The molecule has 0 aliphatic carbocycles. The highest BCUT2D eigenvalue weighted by Crippen LogP contribution is 1.90. The van der Waals surface area contributed by atoms with E-state index in [1.165, 1.54) is 6.08 Å². The molecule has 0 aliphatic rings. The maximum atomic E-state index is 5.13. The fourth-order valence-corrected chi connectivity index (χ4v) is 0.428. The molecule has 0 bridgehead atoms. The Hall–Kier alpha value is -1.11. The van der Waals surface area contributed by atoms with E-state index in [4.69, 9.17) is 6.58 Å².